The first-order valence-electron chi connectivity index (χ1n) is 8.91. The van der Waals surface area contributed by atoms with Gasteiger partial charge in [0.1, 0.15) is 0 Å². The molecule has 1 amide bonds. The van der Waals surface area contributed by atoms with Gasteiger partial charge in [0.05, 0.1) is 12.1 Å². The predicted octanol–water partition coefficient (Wildman–Crippen LogP) is 4.09. The molecule has 142 valence electrons. The van der Waals surface area contributed by atoms with Gasteiger partial charge in [-0.15, -0.1) is 0 Å². The quantitative estimate of drug-likeness (QED) is 0.380. The number of nitrogens with one attached hydrogen (secondary N) is 1. The Bertz CT molecular complexity index is 546. The molecule has 0 aromatic heterocycles. The fourth-order valence-corrected chi connectivity index (χ4v) is 3.28. The van der Waals surface area contributed by atoms with Gasteiger partial charge < -0.3 is 15.1 Å². The predicted molar refractivity (Wildman–Crippen MR) is 97.9 cm³/mol. The smallest absolute Gasteiger partial charge is 0.347 e. The second-order valence-electron chi connectivity index (χ2n) is 6.27. The molecule has 1 aromatic rings. The number of rotatable bonds is 12. The zero-order valence-electron chi connectivity index (χ0n) is 15.1. The first kappa shape index (κ1) is 21.8. The van der Waals surface area contributed by atoms with Crippen LogP contribution in [-0.4, -0.2) is 21.8 Å². The minimum absolute atomic E-state index is 0.134. The molecule has 7 heteroatoms. The molecule has 0 fully saturated rings. The second kappa shape index (κ2) is 11.4. The van der Waals surface area contributed by atoms with Gasteiger partial charge in [0.2, 0.25) is 5.91 Å². The number of hydrogen-bond acceptors (Lipinski definition) is 3. The topological polar surface area (TPSA) is 95.9 Å². The van der Waals surface area contributed by atoms with Crippen LogP contribution in [0.25, 0.3) is 0 Å². The van der Waals surface area contributed by atoms with Gasteiger partial charge in [0.15, 0.2) is 0 Å². The molecule has 2 atom stereocenters. The van der Waals surface area contributed by atoms with E-state index in [1.807, 2.05) is 18.2 Å². The van der Waals surface area contributed by atoms with Crippen LogP contribution in [0.3, 0.4) is 0 Å². The first-order chi connectivity index (χ1) is 11.8. The molecule has 0 spiro atoms. The van der Waals surface area contributed by atoms with E-state index in [0.29, 0.717) is 6.42 Å². The van der Waals surface area contributed by atoms with Crippen molar-refractivity contribution in [3.8, 4) is 0 Å². The van der Waals surface area contributed by atoms with Crippen LogP contribution < -0.4 is 5.32 Å². The van der Waals surface area contributed by atoms with Crippen LogP contribution in [0.4, 0.5) is 0 Å². The lowest BCUT2D eigenvalue weighted by Gasteiger charge is -2.26. The van der Waals surface area contributed by atoms with Crippen molar-refractivity contribution in [1.29, 1.82) is 0 Å². The van der Waals surface area contributed by atoms with E-state index in [0.717, 1.165) is 24.8 Å². The van der Waals surface area contributed by atoms with Gasteiger partial charge in [-0.05, 0) is 18.9 Å². The molecule has 0 saturated heterocycles. The van der Waals surface area contributed by atoms with Crippen molar-refractivity contribution < 1.29 is 23.7 Å². The first-order valence-corrected chi connectivity index (χ1v) is 10.4. The number of amides is 1. The van der Waals surface area contributed by atoms with Crippen molar-refractivity contribution in [2.45, 2.75) is 70.9 Å². The summed E-state index contributed by atoms with van der Waals surface area (Å²) in [6.07, 6.45) is 6.10. The van der Waals surface area contributed by atoms with Gasteiger partial charge >= 0.3 is 7.82 Å². The van der Waals surface area contributed by atoms with Gasteiger partial charge in [0.25, 0.3) is 0 Å². The van der Waals surface area contributed by atoms with Crippen LogP contribution in [0.1, 0.15) is 70.4 Å². The van der Waals surface area contributed by atoms with Gasteiger partial charge in [0, 0.05) is 6.42 Å². The summed E-state index contributed by atoms with van der Waals surface area (Å²) in [5, 5.41) is 2.85. The molecule has 0 aliphatic heterocycles. The number of hydrogen-bond donors (Lipinski definition) is 3. The normalized spacial score (nSPS) is 14.1. The van der Waals surface area contributed by atoms with E-state index in [9.17, 15) is 9.36 Å². The largest absolute Gasteiger partial charge is 0.469 e. The average Bonchev–Trinajstić information content (AvgIpc) is 2.55. The Balaban J connectivity index is 2.58. The SMILES string of the molecule is CCCCCCCCC(=O)N[C@H](c1ccccc1)[C@H](C)OP(=O)(O)O. The number of unbranched alkanes of at least 4 members (excludes halogenated alkanes) is 5. The van der Waals surface area contributed by atoms with E-state index in [1.54, 1.807) is 19.1 Å². The summed E-state index contributed by atoms with van der Waals surface area (Å²) in [6, 6.07) is 8.46. The van der Waals surface area contributed by atoms with Crippen molar-refractivity contribution in [3.05, 3.63) is 35.9 Å². The number of carbonyl (C=O) groups excluding carboxylic acids is 1. The Morgan fingerprint density at radius 1 is 1.12 bits per heavy atom. The summed E-state index contributed by atoms with van der Waals surface area (Å²) in [7, 11) is -4.63. The van der Waals surface area contributed by atoms with Crippen molar-refractivity contribution in [3.63, 3.8) is 0 Å². The number of phosphoric acid groups is 1. The zero-order valence-corrected chi connectivity index (χ0v) is 16.0. The van der Waals surface area contributed by atoms with Crippen LogP contribution in [0.15, 0.2) is 30.3 Å². The van der Waals surface area contributed by atoms with Crippen molar-refractivity contribution in [1.82, 2.24) is 5.32 Å². The highest BCUT2D eigenvalue weighted by molar-refractivity contribution is 7.46. The molecule has 0 aliphatic carbocycles. The second-order valence-corrected chi connectivity index (χ2v) is 7.47. The summed E-state index contributed by atoms with van der Waals surface area (Å²) in [6.45, 7) is 3.71. The molecule has 0 bridgehead atoms. The molecule has 0 saturated carbocycles. The lowest BCUT2D eigenvalue weighted by atomic mass is 10.0. The molecule has 0 radical (unpaired) electrons. The maximum atomic E-state index is 12.2. The van der Waals surface area contributed by atoms with Gasteiger partial charge in [-0.3, -0.25) is 9.32 Å². The highest BCUT2D eigenvalue weighted by Gasteiger charge is 2.28. The van der Waals surface area contributed by atoms with E-state index >= 15 is 0 Å². The third-order valence-electron chi connectivity index (χ3n) is 4.01. The van der Waals surface area contributed by atoms with Crippen LogP contribution in [0, 0.1) is 0 Å². The van der Waals surface area contributed by atoms with E-state index < -0.39 is 20.0 Å². The average molecular weight is 371 g/mol. The van der Waals surface area contributed by atoms with E-state index in [-0.39, 0.29) is 5.91 Å². The minimum Gasteiger partial charge on any atom is -0.347 e. The molecule has 0 heterocycles. The Labute approximate surface area is 150 Å². The van der Waals surface area contributed by atoms with Crippen LogP contribution in [0.2, 0.25) is 0 Å². The molecule has 1 rings (SSSR count). The van der Waals surface area contributed by atoms with Gasteiger partial charge in [-0.25, -0.2) is 4.57 Å². The third kappa shape index (κ3) is 9.75. The molecule has 6 nitrogen and oxygen atoms in total. The minimum atomic E-state index is -4.63. The van der Waals surface area contributed by atoms with E-state index in [4.69, 9.17) is 14.3 Å². The van der Waals surface area contributed by atoms with Crippen molar-refractivity contribution in [2.75, 3.05) is 0 Å². The van der Waals surface area contributed by atoms with Gasteiger partial charge in [-0.1, -0.05) is 69.4 Å². The summed E-state index contributed by atoms with van der Waals surface area (Å²) in [5.74, 6) is -0.134. The molecule has 0 unspecified atom stereocenters. The maximum Gasteiger partial charge on any atom is 0.469 e. The van der Waals surface area contributed by atoms with E-state index in [2.05, 4.69) is 12.2 Å². The summed E-state index contributed by atoms with van der Waals surface area (Å²) >= 11 is 0. The van der Waals surface area contributed by atoms with Gasteiger partial charge in [-0.2, -0.15) is 0 Å². The fourth-order valence-electron chi connectivity index (χ4n) is 2.72. The standard InChI is InChI=1S/C18H30NO5P/c1-3-4-5-6-7-11-14-17(20)19-18(15(2)24-25(21,22)23)16-12-9-8-10-13-16/h8-10,12-13,15,18H,3-7,11,14H2,1-2H3,(H,19,20)(H2,21,22,23)/t15-,18-/m0/s1. The summed E-state index contributed by atoms with van der Waals surface area (Å²) < 4.78 is 15.9. The zero-order chi connectivity index (χ0) is 18.7. The highest BCUT2D eigenvalue weighted by Crippen LogP contribution is 2.40. The Morgan fingerprint density at radius 3 is 2.32 bits per heavy atom. The molecule has 0 aliphatic rings. The lowest BCUT2D eigenvalue weighted by Crippen LogP contribution is -2.35. The lowest BCUT2D eigenvalue weighted by molar-refractivity contribution is -0.122. The highest BCUT2D eigenvalue weighted by atomic mass is 31.2. The molecular weight excluding hydrogens is 341 g/mol. The molecule has 3 N–H and O–H groups in total. The Hall–Kier alpha value is -1.20. The third-order valence-corrected chi connectivity index (χ3v) is 4.61. The summed E-state index contributed by atoms with van der Waals surface area (Å²) in [5.41, 5.74) is 0.750. The monoisotopic (exact) mass is 371 g/mol. The summed E-state index contributed by atoms with van der Waals surface area (Å²) in [4.78, 5) is 30.3. The number of benzene rings is 1. The van der Waals surface area contributed by atoms with Crippen molar-refractivity contribution >= 4 is 13.7 Å². The maximum absolute atomic E-state index is 12.2. The number of carbonyl (C=O) groups is 1. The van der Waals surface area contributed by atoms with Crippen LogP contribution in [0.5, 0.6) is 0 Å². The van der Waals surface area contributed by atoms with Crippen LogP contribution in [-0.2, 0) is 13.9 Å². The Kier molecular flexibility index (Phi) is 9.98. The fraction of sp³-hybridized carbons (Fsp3) is 0.611. The van der Waals surface area contributed by atoms with Crippen molar-refractivity contribution in [2.24, 2.45) is 0 Å². The molecular formula is C18H30NO5P. The molecule has 1 aromatic carbocycles. The van der Waals surface area contributed by atoms with E-state index in [1.165, 1.54) is 19.3 Å². The number of phosphoric ester groups is 1. The van der Waals surface area contributed by atoms with Crippen LogP contribution >= 0.6 is 7.82 Å². The Morgan fingerprint density at radius 2 is 1.72 bits per heavy atom. The molecule has 25 heavy (non-hydrogen) atoms.